The van der Waals surface area contributed by atoms with Crippen molar-refractivity contribution >= 4 is 28.9 Å². The summed E-state index contributed by atoms with van der Waals surface area (Å²) in [5.74, 6) is 0.459. The van der Waals surface area contributed by atoms with Crippen LogP contribution in [0.5, 0.6) is 5.75 Å². The average Bonchev–Trinajstić information content (AvgIpc) is 2.92. The average molecular weight is 466 g/mol. The first-order valence-electron chi connectivity index (χ1n) is 11.3. The Labute approximate surface area is 205 Å². The van der Waals surface area contributed by atoms with Crippen LogP contribution in [0.25, 0.3) is 0 Å². The zero-order valence-electron chi connectivity index (χ0n) is 19.5. The predicted molar refractivity (Wildman–Crippen MR) is 140 cm³/mol. The van der Waals surface area contributed by atoms with E-state index >= 15 is 0 Å². The van der Waals surface area contributed by atoms with Crippen molar-refractivity contribution in [3.63, 3.8) is 0 Å². The predicted octanol–water partition coefficient (Wildman–Crippen LogP) is 5.59. The zero-order chi connectivity index (χ0) is 24.5. The Morgan fingerprint density at radius 2 is 1.34 bits per heavy atom. The number of anilines is 3. The van der Waals surface area contributed by atoms with Gasteiger partial charge in [-0.15, -0.1) is 0 Å². The summed E-state index contributed by atoms with van der Waals surface area (Å²) in [5.41, 5.74) is 3.93. The minimum Gasteiger partial charge on any atom is -0.489 e. The van der Waals surface area contributed by atoms with Gasteiger partial charge in [0.25, 0.3) is 5.91 Å². The van der Waals surface area contributed by atoms with E-state index in [1.165, 1.54) is 0 Å². The van der Waals surface area contributed by atoms with Gasteiger partial charge in [0.1, 0.15) is 12.4 Å². The third-order valence-corrected chi connectivity index (χ3v) is 5.42. The van der Waals surface area contributed by atoms with E-state index in [1.807, 2.05) is 84.9 Å². The SMILES string of the molecule is CN(C(=O)c1ccc(NCC(=O)Nc2ccc(OCc3ccccc3)cc2)cc1)c1ccccc1. The van der Waals surface area contributed by atoms with Crippen molar-refractivity contribution in [2.45, 2.75) is 6.61 Å². The largest absolute Gasteiger partial charge is 0.489 e. The number of carbonyl (C=O) groups excluding carboxylic acids is 2. The van der Waals surface area contributed by atoms with Gasteiger partial charge in [-0.1, -0.05) is 48.5 Å². The maximum atomic E-state index is 12.7. The standard InChI is InChI=1S/C29H27N3O3/c1-32(26-10-6-3-7-11-26)29(34)23-12-14-24(15-13-23)30-20-28(33)31-25-16-18-27(19-17-25)35-21-22-8-4-2-5-9-22/h2-19,30H,20-21H2,1H3,(H,31,33). The molecule has 4 aromatic rings. The first-order chi connectivity index (χ1) is 17.1. The van der Waals surface area contributed by atoms with Crippen molar-refractivity contribution in [1.82, 2.24) is 0 Å². The van der Waals surface area contributed by atoms with Crippen LogP contribution >= 0.6 is 0 Å². The van der Waals surface area contributed by atoms with Crippen LogP contribution in [0, 0.1) is 0 Å². The van der Waals surface area contributed by atoms with Crippen LogP contribution in [0.4, 0.5) is 17.1 Å². The summed E-state index contributed by atoms with van der Waals surface area (Å²) in [6, 6.07) is 33.8. The molecule has 0 spiro atoms. The van der Waals surface area contributed by atoms with Crippen LogP contribution in [-0.2, 0) is 11.4 Å². The van der Waals surface area contributed by atoms with Gasteiger partial charge in [0.2, 0.25) is 5.91 Å². The van der Waals surface area contributed by atoms with E-state index in [0.29, 0.717) is 17.9 Å². The number of nitrogens with one attached hydrogen (secondary N) is 2. The fourth-order valence-electron chi connectivity index (χ4n) is 3.46. The van der Waals surface area contributed by atoms with Crippen molar-refractivity contribution in [3.05, 3.63) is 120 Å². The van der Waals surface area contributed by atoms with Gasteiger partial charge in [0, 0.05) is 29.7 Å². The van der Waals surface area contributed by atoms with E-state index in [4.69, 9.17) is 4.74 Å². The molecule has 0 radical (unpaired) electrons. The lowest BCUT2D eigenvalue weighted by molar-refractivity contribution is -0.114. The van der Waals surface area contributed by atoms with Gasteiger partial charge in [-0.3, -0.25) is 9.59 Å². The molecule has 0 saturated carbocycles. The van der Waals surface area contributed by atoms with E-state index in [1.54, 1.807) is 36.2 Å². The molecule has 0 aliphatic heterocycles. The summed E-state index contributed by atoms with van der Waals surface area (Å²) in [4.78, 5) is 26.6. The number of para-hydroxylation sites is 1. The molecule has 4 aromatic carbocycles. The van der Waals surface area contributed by atoms with Crippen molar-refractivity contribution in [3.8, 4) is 5.75 Å². The minimum absolute atomic E-state index is 0.100. The second-order valence-corrected chi connectivity index (χ2v) is 7.98. The van der Waals surface area contributed by atoms with Gasteiger partial charge in [0.15, 0.2) is 0 Å². The van der Waals surface area contributed by atoms with Crippen molar-refractivity contribution < 1.29 is 14.3 Å². The highest BCUT2D eigenvalue weighted by Gasteiger charge is 2.13. The minimum atomic E-state index is -0.174. The Bertz CT molecular complexity index is 1240. The molecule has 0 bridgehead atoms. The maximum Gasteiger partial charge on any atom is 0.258 e. The molecule has 0 aliphatic rings. The van der Waals surface area contributed by atoms with E-state index < -0.39 is 0 Å². The molecule has 35 heavy (non-hydrogen) atoms. The summed E-state index contributed by atoms with van der Waals surface area (Å²) in [7, 11) is 1.75. The van der Waals surface area contributed by atoms with Crippen LogP contribution < -0.4 is 20.3 Å². The van der Waals surface area contributed by atoms with Crippen molar-refractivity contribution in [1.29, 1.82) is 0 Å². The molecular weight excluding hydrogens is 438 g/mol. The lowest BCUT2D eigenvalue weighted by Crippen LogP contribution is -2.26. The van der Waals surface area contributed by atoms with E-state index in [0.717, 1.165) is 22.7 Å². The molecule has 0 atom stereocenters. The second-order valence-electron chi connectivity index (χ2n) is 7.98. The normalized spacial score (nSPS) is 10.3. The summed E-state index contributed by atoms with van der Waals surface area (Å²) in [6.45, 7) is 0.590. The number of hydrogen-bond acceptors (Lipinski definition) is 4. The Hall–Kier alpha value is -4.58. The molecule has 6 nitrogen and oxygen atoms in total. The van der Waals surface area contributed by atoms with Crippen LogP contribution in [0.2, 0.25) is 0 Å². The van der Waals surface area contributed by atoms with Gasteiger partial charge >= 0.3 is 0 Å². The fourth-order valence-corrected chi connectivity index (χ4v) is 3.46. The number of ether oxygens (including phenoxy) is 1. The number of benzene rings is 4. The Kier molecular flexibility index (Phi) is 7.76. The first kappa shape index (κ1) is 23.6. The molecule has 0 aliphatic carbocycles. The highest BCUT2D eigenvalue weighted by atomic mass is 16.5. The van der Waals surface area contributed by atoms with Crippen LogP contribution in [0.3, 0.4) is 0 Å². The van der Waals surface area contributed by atoms with Gasteiger partial charge in [-0.05, 0) is 66.2 Å². The van der Waals surface area contributed by atoms with E-state index in [-0.39, 0.29) is 18.4 Å². The van der Waals surface area contributed by atoms with Crippen molar-refractivity contribution in [2.24, 2.45) is 0 Å². The highest BCUT2D eigenvalue weighted by molar-refractivity contribution is 6.05. The lowest BCUT2D eigenvalue weighted by atomic mass is 10.1. The fraction of sp³-hybridized carbons (Fsp3) is 0.103. The smallest absolute Gasteiger partial charge is 0.258 e. The molecule has 0 heterocycles. The van der Waals surface area contributed by atoms with Crippen LogP contribution in [0.15, 0.2) is 109 Å². The molecular formula is C29H27N3O3. The molecule has 6 heteroatoms. The topological polar surface area (TPSA) is 70.7 Å². The monoisotopic (exact) mass is 465 g/mol. The van der Waals surface area contributed by atoms with Gasteiger partial charge in [-0.2, -0.15) is 0 Å². The highest BCUT2D eigenvalue weighted by Crippen LogP contribution is 2.18. The summed E-state index contributed by atoms with van der Waals surface area (Å²) >= 11 is 0. The third-order valence-electron chi connectivity index (χ3n) is 5.42. The Balaban J connectivity index is 1.23. The number of hydrogen-bond donors (Lipinski definition) is 2. The second kappa shape index (κ2) is 11.5. The lowest BCUT2D eigenvalue weighted by Gasteiger charge is -2.17. The molecule has 4 rings (SSSR count). The van der Waals surface area contributed by atoms with E-state index in [2.05, 4.69) is 10.6 Å². The third kappa shape index (κ3) is 6.71. The quantitative estimate of drug-likeness (QED) is 0.338. The number of rotatable bonds is 9. The number of amides is 2. The molecule has 0 unspecified atom stereocenters. The van der Waals surface area contributed by atoms with Gasteiger partial charge in [-0.25, -0.2) is 0 Å². The number of carbonyl (C=O) groups is 2. The summed E-state index contributed by atoms with van der Waals surface area (Å²) < 4.78 is 5.77. The number of nitrogens with zero attached hydrogens (tertiary/aromatic N) is 1. The van der Waals surface area contributed by atoms with Crippen LogP contribution in [-0.4, -0.2) is 25.4 Å². The maximum absolute atomic E-state index is 12.7. The zero-order valence-corrected chi connectivity index (χ0v) is 19.5. The van der Waals surface area contributed by atoms with Crippen molar-refractivity contribution in [2.75, 3.05) is 29.1 Å². The van der Waals surface area contributed by atoms with Gasteiger partial charge < -0.3 is 20.3 Å². The first-order valence-corrected chi connectivity index (χ1v) is 11.3. The molecule has 0 fully saturated rings. The van der Waals surface area contributed by atoms with E-state index in [9.17, 15) is 9.59 Å². The molecule has 0 aromatic heterocycles. The molecule has 2 N–H and O–H groups in total. The molecule has 176 valence electrons. The Morgan fingerprint density at radius 1 is 0.743 bits per heavy atom. The Morgan fingerprint density at radius 3 is 2.00 bits per heavy atom. The molecule has 2 amide bonds. The summed E-state index contributed by atoms with van der Waals surface area (Å²) in [6.07, 6.45) is 0. The summed E-state index contributed by atoms with van der Waals surface area (Å²) in [5, 5.41) is 5.94. The van der Waals surface area contributed by atoms with Gasteiger partial charge in [0.05, 0.1) is 6.54 Å². The molecule has 0 saturated heterocycles. The van der Waals surface area contributed by atoms with Crippen LogP contribution in [0.1, 0.15) is 15.9 Å².